The maximum atomic E-state index is 12.5. The van der Waals surface area contributed by atoms with Gasteiger partial charge in [0.2, 0.25) is 0 Å². The molecular weight excluding hydrogens is 382 g/mol. The van der Waals surface area contributed by atoms with E-state index in [-0.39, 0.29) is 6.04 Å². The zero-order chi connectivity index (χ0) is 21.5. The van der Waals surface area contributed by atoms with Gasteiger partial charge in [-0.2, -0.15) is 0 Å². The van der Waals surface area contributed by atoms with Gasteiger partial charge in [-0.1, -0.05) is 30.3 Å². The van der Waals surface area contributed by atoms with Crippen molar-refractivity contribution in [3.63, 3.8) is 0 Å². The number of piperazine rings is 1. The van der Waals surface area contributed by atoms with Gasteiger partial charge in [-0.15, -0.1) is 0 Å². The second-order valence-electron chi connectivity index (χ2n) is 7.31. The van der Waals surface area contributed by atoms with Crippen molar-refractivity contribution in [1.29, 1.82) is 5.41 Å². The molecule has 1 aromatic heterocycles. The summed E-state index contributed by atoms with van der Waals surface area (Å²) in [5.41, 5.74) is 8.07. The normalized spacial score (nSPS) is 15.5. The number of likely N-dealkylation sites (N-methyl/N-ethyl adjacent to an activating group) is 1. The Bertz CT molecular complexity index is 867. The fraction of sp³-hybridized carbons (Fsp3) is 0.381. The molecule has 1 aromatic carbocycles. The number of carbonyl (C=O) groups is 1. The molecule has 160 valence electrons. The van der Waals surface area contributed by atoms with Crippen LogP contribution in [0.1, 0.15) is 17.2 Å². The van der Waals surface area contributed by atoms with Crippen molar-refractivity contribution in [3.05, 3.63) is 53.7 Å². The molecule has 0 saturated carbocycles. The van der Waals surface area contributed by atoms with Crippen LogP contribution in [0.15, 0.2) is 42.6 Å². The van der Waals surface area contributed by atoms with E-state index in [9.17, 15) is 4.79 Å². The maximum absolute atomic E-state index is 12.5. The van der Waals surface area contributed by atoms with E-state index in [0.717, 1.165) is 31.7 Å². The van der Waals surface area contributed by atoms with Crippen molar-refractivity contribution in [2.24, 2.45) is 0 Å². The third-order valence-electron chi connectivity index (χ3n) is 5.09. The number of amidine groups is 1. The minimum Gasteiger partial charge on any atom is -0.398 e. The molecule has 2 amide bonds. The Labute approximate surface area is 176 Å². The Hall–Kier alpha value is -3.17. The third-order valence-corrected chi connectivity index (χ3v) is 5.09. The van der Waals surface area contributed by atoms with Gasteiger partial charge in [-0.05, 0) is 12.6 Å². The van der Waals surface area contributed by atoms with Gasteiger partial charge in [0.05, 0.1) is 18.2 Å². The van der Waals surface area contributed by atoms with E-state index in [1.54, 1.807) is 13.2 Å². The quantitative estimate of drug-likeness (QED) is 0.425. The number of carbonyl (C=O) groups excluding carboxylic acids is 1. The zero-order valence-electron chi connectivity index (χ0n) is 17.4. The van der Waals surface area contributed by atoms with Crippen LogP contribution in [0.2, 0.25) is 0 Å². The van der Waals surface area contributed by atoms with Gasteiger partial charge in [0.1, 0.15) is 11.7 Å². The van der Waals surface area contributed by atoms with Crippen LogP contribution in [0, 0.1) is 5.41 Å². The molecule has 0 radical (unpaired) electrons. The van der Waals surface area contributed by atoms with Crippen LogP contribution in [-0.4, -0.2) is 73.6 Å². The van der Waals surface area contributed by atoms with Gasteiger partial charge >= 0.3 is 6.03 Å². The molecule has 9 nitrogen and oxygen atoms in total. The average molecular weight is 412 g/mol. The number of aromatic nitrogens is 1. The number of hydrogen-bond donors (Lipinski definition) is 4. The maximum Gasteiger partial charge on any atom is 0.320 e. The van der Waals surface area contributed by atoms with Crippen molar-refractivity contribution < 1.29 is 9.53 Å². The van der Waals surface area contributed by atoms with Gasteiger partial charge in [0.25, 0.3) is 0 Å². The highest BCUT2D eigenvalue weighted by molar-refractivity contribution is 6.01. The van der Waals surface area contributed by atoms with Gasteiger partial charge in [0.15, 0.2) is 0 Å². The van der Waals surface area contributed by atoms with E-state index in [0.29, 0.717) is 29.5 Å². The van der Waals surface area contributed by atoms with Crippen molar-refractivity contribution in [1.82, 2.24) is 20.1 Å². The van der Waals surface area contributed by atoms with Gasteiger partial charge < -0.3 is 25.6 Å². The largest absolute Gasteiger partial charge is 0.398 e. The highest BCUT2D eigenvalue weighted by Crippen LogP contribution is 2.19. The van der Waals surface area contributed by atoms with E-state index >= 15 is 0 Å². The number of nitrogen functional groups attached to an aromatic ring is 1. The number of urea groups is 1. The summed E-state index contributed by atoms with van der Waals surface area (Å²) in [6.07, 6.45) is 1.54. The summed E-state index contributed by atoms with van der Waals surface area (Å²) in [5, 5.41) is 14.0. The smallest absolute Gasteiger partial charge is 0.320 e. The summed E-state index contributed by atoms with van der Waals surface area (Å²) in [6.45, 7) is 3.70. The highest BCUT2D eigenvalue weighted by Gasteiger charge is 2.20. The SMILES string of the molecule is COC[C@@H](NC(=O)Nc1cc(N)c(C(=N)N2CCN(C)CC2)cn1)c1ccccc1. The monoisotopic (exact) mass is 411 g/mol. The lowest BCUT2D eigenvalue weighted by Crippen LogP contribution is -2.47. The number of rotatable bonds is 6. The molecule has 0 aliphatic carbocycles. The summed E-state index contributed by atoms with van der Waals surface area (Å²) in [6, 6.07) is 10.5. The number of pyridine rings is 1. The molecule has 3 rings (SSSR count). The second-order valence-corrected chi connectivity index (χ2v) is 7.31. The van der Waals surface area contributed by atoms with E-state index in [1.807, 2.05) is 35.2 Å². The molecule has 2 aromatic rings. The summed E-state index contributed by atoms with van der Waals surface area (Å²) < 4.78 is 5.23. The lowest BCUT2D eigenvalue weighted by Gasteiger charge is -2.34. The number of hydrogen-bond acceptors (Lipinski definition) is 6. The Balaban J connectivity index is 1.63. The third kappa shape index (κ3) is 5.46. The number of amides is 2. The first kappa shape index (κ1) is 21.5. The lowest BCUT2D eigenvalue weighted by atomic mass is 10.1. The van der Waals surface area contributed by atoms with E-state index in [4.69, 9.17) is 15.9 Å². The predicted molar refractivity (Wildman–Crippen MR) is 118 cm³/mol. The molecule has 1 atom stereocenters. The second kappa shape index (κ2) is 10.0. The minimum atomic E-state index is -0.408. The van der Waals surface area contributed by atoms with Crippen LogP contribution in [0.5, 0.6) is 0 Å². The molecular formula is C21H29N7O2. The Morgan fingerprint density at radius 3 is 2.60 bits per heavy atom. The molecule has 0 bridgehead atoms. The fourth-order valence-electron chi connectivity index (χ4n) is 3.32. The molecule has 1 aliphatic rings. The van der Waals surface area contributed by atoms with E-state index in [1.165, 1.54) is 6.20 Å². The molecule has 0 unspecified atom stereocenters. The molecule has 1 saturated heterocycles. The van der Waals surface area contributed by atoms with Crippen LogP contribution in [0.25, 0.3) is 0 Å². The lowest BCUT2D eigenvalue weighted by molar-refractivity contribution is 0.168. The van der Waals surface area contributed by atoms with Crippen molar-refractivity contribution in [2.45, 2.75) is 6.04 Å². The number of nitrogens with one attached hydrogen (secondary N) is 3. The van der Waals surface area contributed by atoms with Crippen molar-refractivity contribution in [2.75, 3.05) is 58.0 Å². The van der Waals surface area contributed by atoms with E-state index < -0.39 is 6.03 Å². The molecule has 1 fully saturated rings. The number of anilines is 2. The van der Waals surface area contributed by atoms with Gasteiger partial charge in [-0.25, -0.2) is 9.78 Å². The van der Waals surface area contributed by atoms with Gasteiger partial charge in [-0.3, -0.25) is 10.7 Å². The summed E-state index contributed by atoms with van der Waals surface area (Å²) in [4.78, 5) is 21.0. The topological polar surface area (TPSA) is 120 Å². The molecule has 5 N–H and O–H groups in total. The van der Waals surface area contributed by atoms with E-state index in [2.05, 4.69) is 27.6 Å². The Morgan fingerprint density at radius 1 is 1.27 bits per heavy atom. The summed E-state index contributed by atoms with van der Waals surface area (Å²) >= 11 is 0. The van der Waals surface area contributed by atoms with Crippen LogP contribution in [-0.2, 0) is 4.74 Å². The first-order valence-corrected chi connectivity index (χ1v) is 9.87. The fourth-order valence-corrected chi connectivity index (χ4v) is 3.32. The average Bonchev–Trinajstić information content (AvgIpc) is 2.74. The zero-order valence-corrected chi connectivity index (χ0v) is 17.4. The predicted octanol–water partition coefficient (Wildman–Crippen LogP) is 1.75. The molecule has 2 heterocycles. The standard InChI is InChI=1S/C21H29N7O2/c1-27-8-10-28(11-9-27)20(23)16-13-24-19(12-17(16)22)26-21(29)25-18(14-30-2)15-6-4-3-5-7-15/h3-7,12-13,18,23H,8-11,14H2,1-2H3,(H4,22,24,25,26,29)/t18-/m1/s1. The van der Waals surface area contributed by atoms with Crippen molar-refractivity contribution in [3.8, 4) is 0 Å². The van der Waals surface area contributed by atoms with Crippen LogP contribution >= 0.6 is 0 Å². The summed E-state index contributed by atoms with van der Waals surface area (Å²) in [7, 11) is 3.66. The Morgan fingerprint density at radius 2 is 1.97 bits per heavy atom. The molecule has 9 heteroatoms. The molecule has 1 aliphatic heterocycles. The number of methoxy groups -OCH3 is 1. The van der Waals surface area contributed by atoms with Crippen LogP contribution < -0.4 is 16.4 Å². The summed E-state index contributed by atoms with van der Waals surface area (Å²) in [5.74, 6) is 0.678. The minimum absolute atomic E-state index is 0.293. The number of ether oxygens (including phenoxy) is 1. The van der Waals surface area contributed by atoms with Crippen LogP contribution in [0.4, 0.5) is 16.3 Å². The van der Waals surface area contributed by atoms with Crippen molar-refractivity contribution >= 4 is 23.4 Å². The molecule has 30 heavy (non-hydrogen) atoms. The first-order chi connectivity index (χ1) is 14.5. The number of nitrogens with two attached hydrogens (primary N) is 1. The molecule has 0 spiro atoms. The highest BCUT2D eigenvalue weighted by atomic mass is 16.5. The van der Waals surface area contributed by atoms with Gasteiger partial charge in [0, 0.05) is 51.2 Å². The number of nitrogens with zero attached hydrogens (tertiary/aromatic N) is 3. The number of benzene rings is 1. The first-order valence-electron chi connectivity index (χ1n) is 9.87. The van der Waals surface area contributed by atoms with Crippen LogP contribution in [0.3, 0.4) is 0 Å². The Kier molecular flexibility index (Phi) is 7.21.